The van der Waals surface area contributed by atoms with E-state index in [0.29, 0.717) is 11.1 Å². The van der Waals surface area contributed by atoms with Crippen molar-refractivity contribution < 1.29 is 14.4 Å². The molecule has 6 rings (SSSR count). The van der Waals surface area contributed by atoms with Crippen LogP contribution in [-0.4, -0.2) is 33.6 Å². The predicted molar refractivity (Wildman–Crippen MR) is 136 cm³/mol. The van der Waals surface area contributed by atoms with Gasteiger partial charge in [-0.05, 0) is 28.8 Å². The van der Waals surface area contributed by atoms with Gasteiger partial charge in [-0.15, -0.1) is 0 Å². The Labute approximate surface area is 209 Å². The van der Waals surface area contributed by atoms with Gasteiger partial charge in [-0.3, -0.25) is 19.3 Å². The fourth-order valence-corrected chi connectivity index (χ4v) is 5.28. The lowest BCUT2D eigenvalue weighted by Gasteiger charge is -2.26. The van der Waals surface area contributed by atoms with Crippen LogP contribution in [0.25, 0.3) is 0 Å². The summed E-state index contributed by atoms with van der Waals surface area (Å²) in [7, 11) is 0. The summed E-state index contributed by atoms with van der Waals surface area (Å²) in [6.07, 6.45) is 0.255. The van der Waals surface area contributed by atoms with E-state index in [1.165, 1.54) is 4.90 Å². The average molecular weight is 473 g/mol. The number of amides is 3. The number of hydrogen-bond acceptors (Lipinski definition) is 3. The lowest BCUT2D eigenvalue weighted by atomic mass is 10.0. The number of hydrogen-bond donors (Lipinski definition) is 0. The van der Waals surface area contributed by atoms with Crippen molar-refractivity contribution in [2.75, 3.05) is 0 Å². The fraction of sp³-hybridized carbons (Fsp3) is 0.129. The predicted octanol–water partition coefficient (Wildman–Crippen LogP) is 5.22. The minimum atomic E-state index is -0.945. The molecule has 0 unspecified atom stereocenters. The molecule has 0 N–H and O–H groups in total. The molecular weight excluding hydrogens is 448 g/mol. The van der Waals surface area contributed by atoms with Crippen molar-refractivity contribution in [2.24, 2.45) is 0 Å². The van der Waals surface area contributed by atoms with Crippen molar-refractivity contribution in [3.63, 3.8) is 0 Å². The minimum absolute atomic E-state index is 0.158. The number of carbonyl (C=O) groups is 3. The van der Waals surface area contributed by atoms with Crippen molar-refractivity contribution in [1.82, 2.24) is 9.80 Å². The molecule has 36 heavy (non-hydrogen) atoms. The molecule has 176 valence electrons. The number of imide groups is 1. The van der Waals surface area contributed by atoms with E-state index in [0.717, 1.165) is 16.7 Å². The Kier molecular flexibility index (Phi) is 5.45. The summed E-state index contributed by atoms with van der Waals surface area (Å²) in [6.45, 7) is 0. The van der Waals surface area contributed by atoms with Crippen LogP contribution in [0.2, 0.25) is 0 Å². The molecule has 0 radical (unpaired) electrons. The average Bonchev–Trinajstić information content (AvgIpc) is 3.64. The molecule has 2 aliphatic heterocycles. The van der Waals surface area contributed by atoms with Gasteiger partial charge in [-0.1, -0.05) is 103 Å². The van der Waals surface area contributed by atoms with Crippen molar-refractivity contribution in [2.45, 2.75) is 24.5 Å². The van der Waals surface area contributed by atoms with Crippen LogP contribution < -0.4 is 0 Å². The molecule has 2 heterocycles. The zero-order chi connectivity index (χ0) is 24.6. The van der Waals surface area contributed by atoms with Gasteiger partial charge in [0.05, 0.1) is 23.2 Å². The van der Waals surface area contributed by atoms with Crippen molar-refractivity contribution in [3.8, 4) is 0 Å². The van der Waals surface area contributed by atoms with Crippen LogP contribution in [0.4, 0.5) is 0 Å². The molecule has 4 aromatic rings. The van der Waals surface area contributed by atoms with Gasteiger partial charge in [0, 0.05) is 6.42 Å². The summed E-state index contributed by atoms with van der Waals surface area (Å²) in [4.78, 5) is 44.1. The first kappa shape index (κ1) is 22.0. The zero-order valence-corrected chi connectivity index (χ0v) is 19.5. The summed E-state index contributed by atoms with van der Waals surface area (Å²) in [5, 5.41) is 0. The lowest BCUT2D eigenvalue weighted by molar-refractivity contribution is -0.130. The highest BCUT2D eigenvalue weighted by Crippen LogP contribution is 2.55. The maximum atomic E-state index is 14.3. The molecule has 0 saturated carbocycles. The van der Waals surface area contributed by atoms with E-state index < -0.39 is 17.9 Å². The third-order valence-corrected chi connectivity index (χ3v) is 7.04. The van der Waals surface area contributed by atoms with Crippen molar-refractivity contribution in [3.05, 3.63) is 143 Å². The standard InChI is InChI=1S/C31H24N2O3/c34-29-24-18-10-11-19-25(24)30(35)32(29)26(20-21-12-4-1-5-13-21)31(36)33-27(22-14-6-2-7-15-22)28(33)23-16-8-3-9-17-23/h1-19,26-28H,20H2/t26-,27+,28+/m1/s1. The van der Waals surface area contributed by atoms with Gasteiger partial charge < -0.3 is 4.90 Å². The molecule has 3 amide bonds. The number of fused-ring (bicyclic) bond motifs is 1. The molecule has 1 fully saturated rings. The molecule has 0 aliphatic carbocycles. The minimum Gasteiger partial charge on any atom is -0.322 e. The van der Waals surface area contributed by atoms with E-state index in [1.807, 2.05) is 95.9 Å². The molecular formula is C31H24N2O3. The van der Waals surface area contributed by atoms with Crippen LogP contribution in [0.3, 0.4) is 0 Å². The monoisotopic (exact) mass is 472 g/mol. The van der Waals surface area contributed by atoms with Gasteiger partial charge in [0.25, 0.3) is 11.8 Å². The lowest BCUT2D eigenvalue weighted by Crippen LogP contribution is -2.48. The van der Waals surface area contributed by atoms with E-state index in [2.05, 4.69) is 0 Å². The number of benzene rings is 4. The second kappa shape index (κ2) is 8.93. The fourth-order valence-electron chi connectivity index (χ4n) is 5.28. The van der Waals surface area contributed by atoms with Gasteiger partial charge in [0.1, 0.15) is 6.04 Å². The third kappa shape index (κ3) is 3.69. The number of carbonyl (C=O) groups excluding carboxylic acids is 3. The van der Waals surface area contributed by atoms with E-state index in [9.17, 15) is 14.4 Å². The number of nitrogens with zero attached hydrogens (tertiary/aromatic N) is 2. The molecule has 0 aromatic heterocycles. The van der Waals surface area contributed by atoms with Gasteiger partial charge >= 0.3 is 0 Å². The summed E-state index contributed by atoms with van der Waals surface area (Å²) in [6, 6.07) is 34.9. The van der Waals surface area contributed by atoms with Gasteiger partial charge in [0.15, 0.2) is 0 Å². The van der Waals surface area contributed by atoms with Crippen LogP contribution >= 0.6 is 0 Å². The molecule has 5 heteroatoms. The van der Waals surface area contributed by atoms with Crippen LogP contribution in [-0.2, 0) is 11.2 Å². The Balaban J connectivity index is 1.40. The highest BCUT2D eigenvalue weighted by Gasteiger charge is 2.56. The Morgan fingerprint density at radius 3 is 1.50 bits per heavy atom. The van der Waals surface area contributed by atoms with Gasteiger partial charge in [0.2, 0.25) is 5.91 Å². The SMILES string of the molecule is O=C1c2ccccc2C(=O)N1[C@H](Cc1ccccc1)C(=O)N1[C@@H](c2ccccc2)[C@@H]1c1ccccc1. The highest BCUT2D eigenvalue weighted by atomic mass is 16.2. The van der Waals surface area contributed by atoms with Crippen molar-refractivity contribution in [1.29, 1.82) is 0 Å². The Bertz CT molecular complexity index is 1360. The zero-order valence-electron chi connectivity index (χ0n) is 19.5. The quantitative estimate of drug-likeness (QED) is 0.286. The molecule has 3 atom stereocenters. The van der Waals surface area contributed by atoms with Crippen LogP contribution in [0.1, 0.15) is 49.5 Å². The highest BCUT2D eigenvalue weighted by molar-refractivity contribution is 6.23. The topological polar surface area (TPSA) is 57.5 Å². The van der Waals surface area contributed by atoms with Crippen LogP contribution in [0, 0.1) is 0 Å². The summed E-state index contributed by atoms with van der Waals surface area (Å²) in [5.74, 6) is -1.06. The maximum absolute atomic E-state index is 14.3. The molecule has 2 aliphatic rings. The smallest absolute Gasteiger partial charge is 0.262 e. The second-order valence-electron chi connectivity index (χ2n) is 9.19. The van der Waals surface area contributed by atoms with Crippen molar-refractivity contribution >= 4 is 17.7 Å². The normalized spacial score (nSPS) is 19.2. The summed E-state index contributed by atoms with van der Waals surface area (Å²) >= 11 is 0. The third-order valence-electron chi connectivity index (χ3n) is 7.04. The summed E-state index contributed by atoms with van der Waals surface area (Å²) < 4.78 is 0. The Morgan fingerprint density at radius 1 is 0.611 bits per heavy atom. The molecule has 5 nitrogen and oxygen atoms in total. The first-order chi connectivity index (χ1) is 17.6. The molecule has 0 bridgehead atoms. The first-order valence-corrected chi connectivity index (χ1v) is 12.1. The Hall–Kier alpha value is -4.51. The van der Waals surface area contributed by atoms with E-state index in [1.54, 1.807) is 24.3 Å². The van der Waals surface area contributed by atoms with Gasteiger partial charge in [-0.2, -0.15) is 0 Å². The molecule has 0 spiro atoms. The van der Waals surface area contributed by atoms with Crippen LogP contribution in [0.15, 0.2) is 115 Å². The Morgan fingerprint density at radius 2 is 1.03 bits per heavy atom. The molecule has 1 saturated heterocycles. The van der Waals surface area contributed by atoms with E-state index in [-0.39, 0.29) is 24.4 Å². The number of rotatable bonds is 6. The second-order valence-corrected chi connectivity index (χ2v) is 9.19. The maximum Gasteiger partial charge on any atom is 0.262 e. The van der Waals surface area contributed by atoms with Gasteiger partial charge in [-0.25, -0.2) is 0 Å². The molecule has 4 aromatic carbocycles. The summed E-state index contributed by atoms with van der Waals surface area (Å²) in [5.41, 5.74) is 3.64. The first-order valence-electron chi connectivity index (χ1n) is 12.1. The van der Waals surface area contributed by atoms with E-state index in [4.69, 9.17) is 0 Å². The van der Waals surface area contributed by atoms with Crippen LogP contribution in [0.5, 0.6) is 0 Å². The van der Waals surface area contributed by atoms with E-state index >= 15 is 0 Å². The largest absolute Gasteiger partial charge is 0.322 e.